The van der Waals surface area contributed by atoms with E-state index in [0.29, 0.717) is 33.1 Å². The van der Waals surface area contributed by atoms with Crippen LogP contribution in [0.1, 0.15) is 56.3 Å². The van der Waals surface area contributed by atoms with Crippen LogP contribution in [0, 0.1) is 13.8 Å². The second-order valence-corrected chi connectivity index (χ2v) is 7.12. The lowest BCUT2D eigenvalue weighted by atomic mass is 9.99. The highest BCUT2D eigenvalue weighted by Gasteiger charge is 2.31. The summed E-state index contributed by atoms with van der Waals surface area (Å²) in [6, 6.07) is 5.87. The van der Waals surface area contributed by atoms with Crippen molar-refractivity contribution in [3.05, 3.63) is 57.4 Å². The summed E-state index contributed by atoms with van der Waals surface area (Å²) >= 11 is 5.96. The van der Waals surface area contributed by atoms with E-state index in [1.54, 1.807) is 70.6 Å². The first kappa shape index (κ1) is 21.7. The van der Waals surface area contributed by atoms with E-state index in [-0.39, 0.29) is 18.3 Å². The predicted octanol–water partition coefficient (Wildman–Crippen LogP) is 3.82. The zero-order valence-corrected chi connectivity index (χ0v) is 17.8. The summed E-state index contributed by atoms with van der Waals surface area (Å²) in [5.74, 6) is -1.01. The van der Waals surface area contributed by atoms with E-state index in [2.05, 4.69) is 0 Å². The third-order valence-electron chi connectivity index (χ3n) is 5.00. The quantitative estimate of drug-likeness (QED) is 0.542. The van der Waals surface area contributed by atoms with Crippen molar-refractivity contribution in [1.29, 1.82) is 0 Å². The SMILES string of the molecule is CCOC(=O)c1c(C)c(C(=O)[C@@H](C)N(C)C(=O)c2cccc(Cl)c2)c(C)n1C. The third kappa shape index (κ3) is 3.97. The average Bonchev–Trinajstić information content (AvgIpc) is 2.88. The molecule has 0 radical (unpaired) electrons. The Balaban J connectivity index is 2.36. The standard InChI is InChI=1S/C21H25ClN2O4/c1-7-28-21(27)18-12(2)17(13(3)23(18)5)19(25)14(4)24(6)20(26)15-9-8-10-16(22)11-15/h8-11,14H,7H2,1-6H3/t14-/m1/s1. The molecule has 0 spiro atoms. The Morgan fingerprint density at radius 1 is 1.25 bits per heavy atom. The van der Waals surface area contributed by atoms with Gasteiger partial charge in [0.15, 0.2) is 5.78 Å². The maximum Gasteiger partial charge on any atom is 0.355 e. The molecule has 150 valence electrons. The highest BCUT2D eigenvalue weighted by Crippen LogP contribution is 2.25. The number of carbonyl (C=O) groups excluding carboxylic acids is 3. The molecule has 1 heterocycles. The Bertz CT molecular complexity index is 933. The van der Waals surface area contributed by atoms with Gasteiger partial charge in [-0.1, -0.05) is 17.7 Å². The number of amides is 1. The van der Waals surface area contributed by atoms with E-state index in [9.17, 15) is 14.4 Å². The van der Waals surface area contributed by atoms with Crippen LogP contribution in [-0.4, -0.2) is 46.8 Å². The fourth-order valence-electron chi connectivity index (χ4n) is 3.22. The van der Waals surface area contributed by atoms with E-state index in [0.717, 1.165) is 0 Å². The Kier molecular flexibility index (Phi) is 6.67. The van der Waals surface area contributed by atoms with Crippen molar-refractivity contribution >= 4 is 29.3 Å². The summed E-state index contributed by atoms with van der Waals surface area (Å²) in [5, 5.41) is 0.451. The minimum atomic E-state index is -0.721. The molecule has 7 heteroatoms. The van der Waals surface area contributed by atoms with Crippen LogP contribution in [-0.2, 0) is 11.8 Å². The van der Waals surface area contributed by atoms with Crippen LogP contribution in [0.5, 0.6) is 0 Å². The summed E-state index contributed by atoms with van der Waals surface area (Å²) in [7, 11) is 3.29. The number of benzene rings is 1. The molecule has 0 aliphatic rings. The third-order valence-corrected chi connectivity index (χ3v) is 5.23. The minimum Gasteiger partial charge on any atom is -0.461 e. The van der Waals surface area contributed by atoms with Gasteiger partial charge in [0.25, 0.3) is 5.91 Å². The van der Waals surface area contributed by atoms with Crippen LogP contribution in [0.3, 0.4) is 0 Å². The number of halogens is 1. The molecule has 1 aromatic carbocycles. The molecule has 6 nitrogen and oxygen atoms in total. The minimum absolute atomic E-state index is 0.237. The molecule has 28 heavy (non-hydrogen) atoms. The van der Waals surface area contributed by atoms with Gasteiger partial charge in [-0.2, -0.15) is 0 Å². The van der Waals surface area contributed by atoms with Gasteiger partial charge < -0.3 is 14.2 Å². The molecule has 0 saturated carbocycles. The number of nitrogens with zero attached hydrogens (tertiary/aromatic N) is 2. The maximum atomic E-state index is 13.2. The fourth-order valence-corrected chi connectivity index (χ4v) is 3.41. The van der Waals surface area contributed by atoms with Crippen molar-refractivity contribution in [2.24, 2.45) is 7.05 Å². The van der Waals surface area contributed by atoms with Gasteiger partial charge in [-0.15, -0.1) is 0 Å². The molecule has 0 aliphatic carbocycles. The lowest BCUT2D eigenvalue weighted by Gasteiger charge is -2.24. The molecule has 2 aromatic rings. The summed E-state index contributed by atoms with van der Waals surface area (Å²) < 4.78 is 6.76. The van der Waals surface area contributed by atoms with Crippen LogP contribution in [0.25, 0.3) is 0 Å². The number of likely N-dealkylation sites (N-methyl/N-ethyl adjacent to an activating group) is 1. The van der Waals surface area contributed by atoms with Crippen molar-refractivity contribution in [2.45, 2.75) is 33.7 Å². The molecule has 2 rings (SSSR count). The first-order valence-corrected chi connectivity index (χ1v) is 9.39. The first-order valence-electron chi connectivity index (χ1n) is 9.01. The van der Waals surface area contributed by atoms with Crippen molar-refractivity contribution in [1.82, 2.24) is 9.47 Å². The van der Waals surface area contributed by atoms with Gasteiger partial charge in [0, 0.05) is 35.9 Å². The van der Waals surface area contributed by atoms with Gasteiger partial charge in [-0.25, -0.2) is 4.79 Å². The number of rotatable bonds is 6. The van der Waals surface area contributed by atoms with E-state index >= 15 is 0 Å². The number of aromatic nitrogens is 1. The molecule has 0 fully saturated rings. The monoisotopic (exact) mass is 404 g/mol. The normalized spacial score (nSPS) is 11.8. The van der Waals surface area contributed by atoms with Crippen LogP contribution >= 0.6 is 11.6 Å². The van der Waals surface area contributed by atoms with E-state index in [4.69, 9.17) is 16.3 Å². The number of hydrogen-bond acceptors (Lipinski definition) is 4. The molecule has 1 atom stereocenters. The van der Waals surface area contributed by atoms with Crippen LogP contribution in [0.2, 0.25) is 5.02 Å². The van der Waals surface area contributed by atoms with Crippen molar-refractivity contribution in [3.63, 3.8) is 0 Å². The Hall–Kier alpha value is -2.60. The van der Waals surface area contributed by atoms with Crippen molar-refractivity contribution < 1.29 is 19.1 Å². The summed E-state index contributed by atoms with van der Waals surface area (Å²) in [6.45, 7) is 7.14. The molecular weight excluding hydrogens is 380 g/mol. The highest BCUT2D eigenvalue weighted by molar-refractivity contribution is 6.31. The number of ether oxygens (including phenoxy) is 1. The van der Waals surface area contributed by atoms with E-state index in [1.165, 1.54) is 4.90 Å². The van der Waals surface area contributed by atoms with E-state index < -0.39 is 12.0 Å². The number of esters is 1. The number of Topliss-reactive ketones (excluding diaryl/α,β-unsaturated/α-hetero) is 1. The average molecular weight is 405 g/mol. The summed E-state index contributed by atoms with van der Waals surface area (Å²) in [5.41, 5.74) is 2.39. The van der Waals surface area contributed by atoms with Gasteiger partial charge >= 0.3 is 5.97 Å². The summed E-state index contributed by atoms with van der Waals surface area (Å²) in [6.07, 6.45) is 0. The molecule has 0 unspecified atom stereocenters. The lowest BCUT2D eigenvalue weighted by molar-refractivity contribution is 0.0514. The molecule has 1 amide bonds. The molecule has 0 saturated heterocycles. The Morgan fingerprint density at radius 2 is 1.89 bits per heavy atom. The molecule has 0 aliphatic heterocycles. The second kappa shape index (κ2) is 8.61. The zero-order chi connectivity index (χ0) is 21.2. The van der Waals surface area contributed by atoms with Gasteiger partial charge in [-0.3, -0.25) is 9.59 Å². The van der Waals surface area contributed by atoms with Gasteiger partial charge in [0.05, 0.1) is 12.6 Å². The van der Waals surface area contributed by atoms with Gasteiger partial charge in [0.2, 0.25) is 0 Å². The largest absolute Gasteiger partial charge is 0.461 e. The first-order chi connectivity index (χ1) is 13.1. The Morgan fingerprint density at radius 3 is 2.46 bits per heavy atom. The molecular formula is C21H25ClN2O4. The van der Waals surface area contributed by atoms with Gasteiger partial charge in [0.1, 0.15) is 5.69 Å². The molecule has 0 bridgehead atoms. The van der Waals surface area contributed by atoms with Crippen LogP contribution < -0.4 is 0 Å². The van der Waals surface area contributed by atoms with Crippen LogP contribution in [0.15, 0.2) is 24.3 Å². The van der Waals surface area contributed by atoms with E-state index in [1.807, 2.05) is 0 Å². The predicted molar refractivity (Wildman–Crippen MR) is 108 cm³/mol. The number of carbonyl (C=O) groups is 3. The number of hydrogen-bond donors (Lipinski definition) is 0. The van der Waals surface area contributed by atoms with Crippen molar-refractivity contribution in [2.75, 3.05) is 13.7 Å². The molecule has 0 N–H and O–H groups in total. The second-order valence-electron chi connectivity index (χ2n) is 6.68. The number of ketones is 1. The van der Waals surface area contributed by atoms with Crippen molar-refractivity contribution in [3.8, 4) is 0 Å². The van der Waals surface area contributed by atoms with Gasteiger partial charge in [-0.05, 0) is 51.5 Å². The topological polar surface area (TPSA) is 68.6 Å². The summed E-state index contributed by atoms with van der Waals surface area (Å²) in [4.78, 5) is 39.6. The van der Waals surface area contributed by atoms with Crippen LogP contribution in [0.4, 0.5) is 0 Å². The molecule has 1 aromatic heterocycles. The Labute approximate surface area is 170 Å². The smallest absolute Gasteiger partial charge is 0.355 e. The fraction of sp³-hybridized carbons (Fsp3) is 0.381. The highest BCUT2D eigenvalue weighted by atomic mass is 35.5. The maximum absolute atomic E-state index is 13.2. The lowest BCUT2D eigenvalue weighted by Crippen LogP contribution is -2.40. The zero-order valence-electron chi connectivity index (χ0n) is 17.0.